The number of nitrogens with one attached hydrogen (secondary N) is 1. The molecule has 0 saturated carbocycles. The van der Waals surface area contributed by atoms with Crippen LogP contribution in [0.1, 0.15) is 19.8 Å². The predicted molar refractivity (Wildman–Crippen MR) is 72.1 cm³/mol. The van der Waals surface area contributed by atoms with E-state index in [0.717, 1.165) is 25.3 Å². The van der Waals surface area contributed by atoms with Crippen LogP contribution in [0.2, 0.25) is 10.0 Å². The fourth-order valence-electron chi connectivity index (χ4n) is 2.24. The van der Waals surface area contributed by atoms with E-state index < -0.39 is 0 Å². The summed E-state index contributed by atoms with van der Waals surface area (Å²) in [6.07, 6.45) is 2.39. The van der Waals surface area contributed by atoms with Gasteiger partial charge in [-0.25, -0.2) is 0 Å². The smallest absolute Gasteiger partial charge is 0.138 e. The average molecular weight is 274 g/mol. The first-order valence-corrected chi connectivity index (χ1v) is 6.78. The topological polar surface area (TPSA) is 21.3 Å². The van der Waals surface area contributed by atoms with Gasteiger partial charge in [0.25, 0.3) is 0 Å². The van der Waals surface area contributed by atoms with E-state index in [2.05, 4.69) is 12.2 Å². The molecule has 0 amide bonds. The van der Waals surface area contributed by atoms with Crippen LogP contribution >= 0.6 is 23.2 Å². The second-order valence-corrected chi connectivity index (χ2v) is 5.24. The van der Waals surface area contributed by atoms with Crippen molar-refractivity contribution in [2.75, 3.05) is 13.1 Å². The molecule has 0 unspecified atom stereocenters. The van der Waals surface area contributed by atoms with E-state index in [4.69, 9.17) is 27.9 Å². The predicted octanol–water partition coefficient (Wildman–Crippen LogP) is 3.76. The molecule has 1 aliphatic heterocycles. The van der Waals surface area contributed by atoms with Crippen molar-refractivity contribution in [3.8, 4) is 5.75 Å². The molecule has 17 heavy (non-hydrogen) atoms. The molecule has 0 bridgehead atoms. The summed E-state index contributed by atoms with van der Waals surface area (Å²) in [5.41, 5.74) is 0. The Kier molecular flexibility index (Phi) is 4.55. The van der Waals surface area contributed by atoms with Gasteiger partial charge in [0.15, 0.2) is 0 Å². The highest BCUT2D eigenvalue weighted by Crippen LogP contribution is 2.30. The molecular weight excluding hydrogens is 257 g/mol. The summed E-state index contributed by atoms with van der Waals surface area (Å²) < 4.78 is 6.00. The van der Waals surface area contributed by atoms with Gasteiger partial charge in [0.2, 0.25) is 0 Å². The van der Waals surface area contributed by atoms with Crippen LogP contribution < -0.4 is 10.1 Å². The average Bonchev–Trinajstić information content (AvgIpc) is 2.81. The second-order valence-electron chi connectivity index (χ2n) is 4.39. The summed E-state index contributed by atoms with van der Waals surface area (Å²) in [5, 5.41) is 4.58. The fourth-order valence-corrected chi connectivity index (χ4v) is 2.69. The molecule has 4 heteroatoms. The molecule has 2 rings (SSSR count). The Bertz CT molecular complexity index is 378. The molecule has 1 aromatic rings. The van der Waals surface area contributed by atoms with Gasteiger partial charge < -0.3 is 10.1 Å². The number of halogens is 2. The minimum absolute atomic E-state index is 0.226. The number of hydrogen-bond donors (Lipinski definition) is 1. The van der Waals surface area contributed by atoms with E-state index >= 15 is 0 Å². The Morgan fingerprint density at radius 1 is 1.47 bits per heavy atom. The zero-order valence-corrected chi connectivity index (χ0v) is 11.4. The van der Waals surface area contributed by atoms with Crippen LogP contribution in [0.15, 0.2) is 18.2 Å². The van der Waals surface area contributed by atoms with Crippen molar-refractivity contribution >= 4 is 23.2 Å². The SMILES string of the molecule is CC[C@@H](Oc1ccc(Cl)cc1Cl)[C@@H]1CCNC1. The number of benzene rings is 1. The van der Waals surface area contributed by atoms with Crippen LogP contribution in [-0.4, -0.2) is 19.2 Å². The zero-order chi connectivity index (χ0) is 12.3. The van der Waals surface area contributed by atoms with E-state index in [9.17, 15) is 0 Å². The van der Waals surface area contributed by atoms with Gasteiger partial charge in [-0.15, -0.1) is 0 Å². The Balaban J connectivity index is 2.06. The van der Waals surface area contributed by atoms with Gasteiger partial charge in [-0.05, 0) is 37.6 Å². The van der Waals surface area contributed by atoms with Crippen molar-refractivity contribution in [2.45, 2.75) is 25.9 Å². The van der Waals surface area contributed by atoms with Gasteiger partial charge in [-0.3, -0.25) is 0 Å². The van der Waals surface area contributed by atoms with Crippen LogP contribution in [0, 0.1) is 5.92 Å². The van der Waals surface area contributed by atoms with E-state index in [1.54, 1.807) is 6.07 Å². The third-order valence-electron chi connectivity index (χ3n) is 3.20. The van der Waals surface area contributed by atoms with Gasteiger partial charge in [-0.1, -0.05) is 30.1 Å². The van der Waals surface area contributed by atoms with Gasteiger partial charge in [0.05, 0.1) is 5.02 Å². The number of rotatable bonds is 4. The molecule has 1 aromatic carbocycles. The van der Waals surface area contributed by atoms with Gasteiger partial charge in [-0.2, -0.15) is 0 Å². The maximum Gasteiger partial charge on any atom is 0.138 e. The molecule has 1 fully saturated rings. The normalized spacial score (nSPS) is 21.5. The quantitative estimate of drug-likeness (QED) is 0.902. The lowest BCUT2D eigenvalue weighted by Crippen LogP contribution is -2.28. The molecular formula is C13H17Cl2NO. The number of ether oxygens (including phenoxy) is 1. The van der Waals surface area contributed by atoms with Crippen molar-refractivity contribution < 1.29 is 4.74 Å². The molecule has 0 aliphatic carbocycles. The first-order chi connectivity index (χ1) is 8.20. The van der Waals surface area contributed by atoms with E-state index in [0.29, 0.717) is 16.0 Å². The first-order valence-electron chi connectivity index (χ1n) is 6.03. The van der Waals surface area contributed by atoms with Gasteiger partial charge >= 0.3 is 0 Å². The Hall–Kier alpha value is -0.440. The Morgan fingerprint density at radius 3 is 2.88 bits per heavy atom. The zero-order valence-electron chi connectivity index (χ0n) is 9.88. The molecule has 0 spiro atoms. The first kappa shape index (κ1) is 13.0. The van der Waals surface area contributed by atoms with Gasteiger partial charge in [0, 0.05) is 17.5 Å². The van der Waals surface area contributed by atoms with Crippen LogP contribution in [0.4, 0.5) is 0 Å². The molecule has 0 aromatic heterocycles. The molecule has 1 saturated heterocycles. The lowest BCUT2D eigenvalue weighted by molar-refractivity contribution is 0.138. The minimum Gasteiger partial charge on any atom is -0.489 e. The molecule has 1 aliphatic rings. The summed E-state index contributed by atoms with van der Waals surface area (Å²) in [6, 6.07) is 5.37. The van der Waals surface area contributed by atoms with E-state index in [1.165, 1.54) is 6.42 Å². The Morgan fingerprint density at radius 2 is 2.29 bits per heavy atom. The lowest BCUT2D eigenvalue weighted by Gasteiger charge is -2.23. The maximum atomic E-state index is 6.11. The summed E-state index contributed by atoms with van der Waals surface area (Å²) in [7, 11) is 0. The molecule has 1 heterocycles. The van der Waals surface area contributed by atoms with E-state index in [-0.39, 0.29) is 6.10 Å². The molecule has 2 atom stereocenters. The number of hydrogen-bond acceptors (Lipinski definition) is 2. The van der Waals surface area contributed by atoms with E-state index in [1.807, 2.05) is 12.1 Å². The van der Waals surface area contributed by atoms with Gasteiger partial charge in [0.1, 0.15) is 11.9 Å². The molecule has 1 N–H and O–H groups in total. The molecule has 2 nitrogen and oxygen atoms in total. The second kappa shape index (κ2) is 5.94. The highest BCUT2D eigenvalue weighted by Gasteiger charge is 2.25. The summed E-state index contributed by atoms with van der Waals surface area (Å²) in [5.74, 6) is 1.31. The van der Waals surface area contributed by atoms with Crippen molar-refractivity contribution in [1.29, 1.82) is 0 Å². The largest absolute Gasteiger partial charge is 0.489 e. The summed E-state index contributed by atoms with van der Waals surface area (Å²) >= 11 is 12.0. The van der Waals surface area contributed by atoms with Crippen molar-refractivity contribution in [3.63, 3.8) is 0 Å². The van der Waals surface area contributed by atoms with Crippen molar-refractivity contribution in [1.82, 2.24) is 5.32 Å². The third-order valence-corrected chi connectivity index (χ3v) is 3.73. The van der Waals surface area contributed by atoms with Crippen molar-refractivity contribution in [2.24, 2.45) is 5.92 Å². The van der Waals surface area contributed by atoms with Crippen LogP contribution in [0.3, 0.4) is 0 Å². The van der Waals surface area contributed by atoms with Crippen LogP contribution in [0.5, 0.6) is 5.75 Å². The van der Waals surface area contributed by atoms with Crippen molar-refractivity contribution in [3.05, 3.63) is 28.2 Å². The molecule has 0 radical (unpaired) electrons. The monoisotopic (exact) mass is 273 g/mol. The maximum absolute atomic E-state index is 6.11. The summed E-state index contributed by atoms with van der Waals surface area (Å²) in [6.45, 7) is 4.26. The highest BCUT2D eigenvalue weighted by atomic mass is 35.5. The highest BCUT2D eigenvalue weighted by molar-refractivity contribution is 6.35. The van der Waals surface area contributed by atoms with Crippen LogP contribution in [0.25, 0.3) is 0 Å². The Labute approximate surface area is 112 Å². The standard InChI is InChI=1S/C13H17Cl2NO/c1-2-12(9-5-6-16-8-9)17-13-4-3-10(14)7-11(13)15/h3-4,7,9,12,16H,2,5-6,8H2,1H3/t9-,12-/m1/s1. The summed E-state index contributed by atoms with van der Waals surface area (Å²) in [4.78, 5) is 0. The minimum atomic E-state index is 0.226. The molecule has 94 valence electrons. The fraction of sp³-hybridized carbons (Fsp3) is 0.538. The van der Waals surface area contributed by atoms with Crippen LogP contribution in [-0.2, 0) is 0 Å². The third kappa shape index (κ3) is 3.27. The lowest BCUT2D eigenvalue weighted by atomic mass is 9.99.